The highest BCUT2D eigenvalue weighted by Crippen LogP contribution is 2.20. The van der Waals surface area contributed by atoms with Gasteiger partial charge < -0.3 is 10.2 Å². The van der Waals surface area contributed by atoms with Crippen molar-refractivity contribution in [3.63, 3.8) is 0 Å². The van der Waals surface area contributed by atoms with Crippen molar-refractivity contribution < 1.29 is 4.79 Å². The van der Waals surface area contributed by atoms with Crippen LogP contribution in [0.5, 0.6) is 0 Å². The zero-order valence-electron chi connectivity index (χ0n) is 14.6. The summed E-state index contributed by atoms with van der Waals surface area (Å²) in [5.74, 6) is 1.30. The molecule has 0 spiro atoms. The lowest BCUT2D eigenvalue weighted by Crippen LogP contribution is -2.38. The lowest BCUT2D eigenvalue weighted by Gasteiger charge is -2.30. The number of amides is 1. The van der Waals surface area contributed by atoms with Gasteiger partial charge in [-0.2, -0.15) is 0 Å². The summed E-state index contributed by atoms with van der Waals surface area (Å²) in [7, 11) is 0. The number of hydrogen-bond acceptors (Lipinski definition) is 4. The number of nitrogens with zero attached hydrogens (tertiary/aromatic N) is 3. The minimum atomic E-state index is 0.0299. The maximum atomic E-state index is 12.6. The fraction of sp³-hybridized carbons (Fsp3) is 0.632. The topological polar surface area (TPSA) is 58.1 Å². The first-order valence-corrected chi connectivity index (χ1v) is 9.26. The highest BCUT2D eigenvalue weighted by molar-refractivity contribution is 5.92. The SMILES string of the molecule is CC1CCN(C(=O)c2ccnc(NCCC3=CCCCC3)n2)CC1. The lowest BCUT2D eigenvalue weighted by molar-refractivity contribution is 0.0691. The number of anilines is 1. The molecule has 1 fully saturated rings. The highest BCUT2D eigenvalue weighted by Gasteiger charge is 2.22. The smallest absolute Gasteiger partial charge is 0.272 e. The average molecular weight is 328 g/mol. The van der Waals surface area contributed by atoms with E-state index in [1.807, 2.05) is 4.90 Å². The Morgan fingerprint density at radius 3 is 2.92 bits per heavy atom. The molecule has 2 heterocycles. The van der Waals surface area contributed by atoms with E-state index in [1.165, 1.54) is 31.3 Å². The molecule has 1 aromatic rings. The van der Waals surface area contributed by atoms with Gasteiger partial charge in [-0.3, -0.25) is 4.79 Å². The number of nitrogens with one attached hydrogen (secondary N) is 1. The van der Waals surface area contributed by atoms with Gasteiger partial charge in [-0.25, -0.2) is 9.97 Å². The predicted octanol–water partition coefficient (Wildman–Crippen LogP) is 3.65. The van der Waals surface area contributed by atoms with Crippen molar-refractivity contribution in [3.8, 4) is 0 Å². The number of aromatic nitrogens is 2. The molecule has 1 aliphatic heterocycles. The monoisotopic (exact) mass is 328 g/mol. The van der Waals surface area contributed by atoms with Crippen molar-refractivity contribution in [1.29, 1.82) is 0 Å². The molecule has 1 N–H and O–H groups in total. The van der Waals surface area contributed by atoms with Gasteiger partial charge >= 0.3 is 0 Å². The van der Waals surface area contributed by atoms with E-state index in [9.17, 15) is 4.79 Å². The van der Waals surface area contributed by atoms with Crippen LogP contribution in [0.2, 0.25) is 0 Å². The second kappa shape index (κ2) is 8.27. The standard InChI is InChI=1S/C19H28N4O/c1-15-9-13-23(14-10-15)18(24)17-8-12-21-19(22-17)20-11-7-16-5-3-2-4-6-16/h5,8,12,15H,2-4,6-7,9-11,13-14H2,1H3,(H,20,21,22). The molecule has 3 rings (SSSR count). The number of hydrogen-bond donors (Lipinski definition) is 1. The summed E-state index contributed by atoms with van der Waals surface area (Å²) < 4.78 is 0. The van der Waals surface area contributed by atoms with Crippen molar-refractivity contribution in [2.24, 2.45) is 5.92 Å². The Hall–Kier alpha value is -1.91. The molecular formula is C19H28N4O. The normalized spacial score (nSPS) is 19.0. The average Bonchev–Trinajstić information content (AvgIpc) is 2.63. The number of carbonyl (C=O) groups excluding carboxylic acids is 1. The first-order chi connectivity index (χ1) is 11.7. The van der Waals surface area contributed by atoms with Gasteiger partial charge in [-0.1, -0.05) is 18.6 Å². The minimum absolute atomic E-state index is 0.0299. The van der Waals surface area contributed by atoms with Crippen LogP contribution in [0, 0.1) is 5.92 Å². The zero-order chi connectivity index (χ0) is 16.8. The van der Waals surface area contributed by atoms with E-state index in [0.717, 1.165) is 38.9 Å². The minimum Gasteiger partial charge on any atom is -0.354 e. The largest absolute Gasteiger partial charge is 0.354 e. The second-order valence-corrected chi connectivity index (χ2v) is 7.03. The van der Waals surface area contributed by atoms with Crippen LogP contribution >= 0.6 is 0 Å². The first-order valence-electron chi connectivity index (χ1n) is 9.26. The van der Waals surface area contributed by atoms with Gasteiger partial charge in [0.1, 0.15) is 5.69 Å². The van der Waals surface area contributed by atoms with Crippen molar-refractivity contribution >= 4 is 11.9 Å². The maximum absolute atomic E-state index is 12.6. The fourth-order valence-electron chi connectivity index (χ4n) is 3.40. The van der Waals surface area contributed by atoms with Gasteiger partial charge in [-0.15, -0.1) is 0 Å². The van der Waals surface area contributed by atoms with E-state index in [-0.39, 0.29) is 5.91 Å². The summed E-state index contributed by atoms with van der Waals surface area (Å²) in [5, 5.41) is 3.26. The van der Waals surface area contributed by atoms with Crippen LogP contribution in [-0.2, 0) is 0 Å². The van der Waals surface area contributed by atoms with Gasteiger partial charge in [-0.05, 0) is 56.9 Å². The number of carbonyl (C=O) groups is 1. The fourth-order valence-corrected chi connectivity index (χ4v) is 3.40. The van der Waals surface area contributed by atoms with Crippen LogP contribution in [-0.4, -0.2) is 40.4 Å². The number of rotatable bonds is 5. The Morgan fingerprint density at radius 2 is 2.17 bits per heavy atom. The Kier molecular flexibility index (Phi) is 5.83. The Balaban J connectivity index is 1.53. The Morgan fingerprint density at radius 1 is 1.33 bits per heavy atom. The van der Waals surface area contributed by atoms with Crippen molar-refractivity contribution in [3.05, 3.63) is 29.6 Å². The van der Waals surface area contributed by atoms with Gasteiger partial charge in [0.05, 0.1) is 0 Å². The third kappa shape index (κ3) is 4.56. The van der Waals surface area contributed by atoms with E-state index in [0.29, 0.717) is 17.6 Å². The third-order valence-corrected chi connectivity index (χ3v) is 5.06. The van der Waals surface area contributed by atoms with Crippen LogP contribution in [0.1, 0.15) is 62.4 Å². The summed E-state index contributed by atoms with van der Waals surface area (Å²) in [6.45, 7) is 4.74. The molecule has 2 aliphatic rings. The second-order valence-electron chi connectivity index (χ2n) is 7.03. The molecule has 24 heavy (non-hydrogen) atoms. The number of likely N-dealkylation sites (tertiary alicyclic amines) is 1. The lowest BCUT2D eigenvalue weighted by atomic mass is 9.97. The predicted molar refractivity (Wildman–Crippen MR) is 96.0 cm³/mol. The molecule has 0 unspecified atom stereocenters. The molecule has 0 aromatic carbocycles. The molecule has 5 nitrogen and oxygen atoms in total. The van der Waals surface area contributed by atoms with Gasteiger partial charge in [0, 0.05) is 25.8 Å². The van der Waals surface area contributed by atoms with Crippen molar-refractivity contribution in [2.75, 3.05) is 25.0 Å². The highest BCUT2D eigenvalue weighted by atomic mass is 16.2. The summed E-state index contributed by atoms with van der Waals surface area (Å²) in [4.78, 5) is 23.2. The van der Waals surface area contributed by atoms with E-state index in [2.05, 4.69) is 28.3 Å². The molecule has 1 saturated heterocycles. The van der Waals surface area contributed by atoms with Gasteiger partial charge in [0.25, 0.3) is 5.91 Å². The molecule has 1 aliphatic carbocycles. The van der Waals surface area contributed by atoms with Crippen molar-refractivity contribution in [2.45, 2.75) is 51.9 Å². The molecular weight excluding hydrogens is 300 g/mol. The van der Waals surface area contributed by atoms with Crippen LogP contribution < -0.4 is 5.32 Å². The Bertz CT molecular complexity index is 591. The van der Waals surface area contributed by atoms with Crippen LogP contribution in [0.25, 0.3) is 0 Å². The molecule has 0 bridgehead atoms. The summed E-state index contributed by atoms with van der Waals surface area (Å²) in [5.41, 5.74) is 2.03. The van der Waals surface area contributed by atoms with Gasteiger partial charge in [0.15, 0.2) is 0 Å². The van der Waals surface area contributed by atoms with Crippen LogP contribution in [0.3, 0.4) is 0 Å². The van der Waals surface area contributed by atoms with E-state index < -0.39 is 0 Å². The Labute approximate surface area is 144 Å². The van der Waals surface area contributed by atoms with Crippen LogP contribution in [0.15, 0.2) is 23.9 Å². The summed E-state index contributed by atoms with van der Waals surface area (Å²) in [6.07, 6.45) is 12.3. The summed E-state index contributed by atoms with van der Waals surface area (Å²) in [6, 6.07) is 1.72. The number of piperidine rings is 1. The van der Waals surface area contributed by atoms with Gasteiger partial charge in [0.2, 0.25) is 5.95 Å². The first kappa shape index (κ1) is 16.9. The zero-order valence-corrected chi connectivity index (χ0v) is 14.6. The quantitative estimate of drug-likeness (QED) is 0.838. The third-order valence-electron chi connectivity index (χ3n) is 5.06. The van der Waals surface area contributed by atoms with Crippen molar-refractivity contribution in [1.82, 2.24) is 14.9 Å². The maximum Gasteiger partial charge on any atom is 0.272 e. The van der Waals surface area contributed by atoms with E-state index in [1.54, 1.807) is 12.3 Å². The molecule has 130 valence electrons. The molecule has 0 radical (unpaired) electrons. The number of allylic oxidation sites excluding steroid dienone is 1. The molecule has 1 amide bonds. The summed E-state index contributed by atoms with van der Waals surface area (Å²) >= 11 is 0. The van der Waals surface area contributed by atoms with E-state index >= 15 is 0 Å². The molecule has 0 saturated carbocycles. The van der Waals surface area contributed by atoms with Crippen LogP contribution in [0.4, 0.5) is 5.95 Å². The molecule has 0 atom stereocenters. The van der Waals surface area contributed by atoms with E-state index in [4.69, 9.17) is 0 Å². The molecule has 1 aromatic heterocycles. The molecule has 5 heteroatoms.